The van der Waals surface area contributed by atoms with Crippen LogP contribution in [-0.2, 0) is 33.0 Å². The summed E-state index contributed by atoms with van der Waals surface area (Å²) in [5.74, 6) is -9.87. The van der Waals surface area contributed by atoms with Crippen molar-refractivity contribution in [3.8, 4) is 28.7 Å². The van der Waals surface area contributed by atoms with Crippen LogP contribution in [0.2, 0.25) is 0 Å². The lowest BCUT2D eigenvalue weighted by atomic mass is 9.66. The molecule has 10 atom stereocenters. The number of methoxy groups -OCH3 is 2. The van der Waals surface area contributed by atoms with E-state index in [2.05, 4.69) is 4.52 Å². The molecule has 2 aromatic carbocycles. The number of aliphatic hydroxyl groups excluding tert-OH is 2. The zero-order valence-corrected chi connectivity index (χ0v) is 26.8. The SMILES string of the molecule is [2H]C([2H])([2H])Oc1cc([C@@H]2c3cc4c(cc3[C@@H](O[C@@H]3O[C@@H]5CO[C@@H](c6cccs6)O[C@H]5[C@H](O)[C@H]3O)[C@@H]3[C@@H]2C(=O)OC3([2H])[2H])OC([2H])([2H])O4)cc(OC([2H])([2H])[2H])c1OP(=O)(O)O. The van der Waals surface area contributed by atoms with Gasteiger partial charge < -0.3 is 57.4 Å². The molecule has 0 amide bonds. The minimum Gasteiger partial charge on any atom is -0.493 e. The molecule has 8 rings (SSSR count). The predicted octanol–water partition coefficient (Wildman–Crippen LogP) is 2.52. The Balaban J connectivity index is 1.26. The lowest BCUT2D eigenvalue weighted by molar-refractivity contribution is -0.368. The molecule has 4 aliphatic heterocycles. The number of carbonyl (C=O) groups is 1. The Bertz CT molecular complexity index is 2160. The van der Waals surface area contributed by atoms with E-state index in [4.69, 9.17) is 56.3 Å². The first-order chi connectivity index (χ1) is 27.8. The number of phosphoric acid groups is 1. The van der Waals surface area contributed by atoms with Crippen LogP contribution in [0.5, 0.6) is 28.7 Å². The summed E-state index contributed by atoms with van der Waals surface area (Å²) in [5, 5.41) is 24.5. The second-order valence-electron chi connectivity index (χ2n) is 11.8. The molecule has 0 radical (unpaired) electrons. The number of cyclic esters (lactones) is 1. The number of hydrogen-bond donors (Lipinski definition) is 4. The van der Waals surface area contributed by atoms with Crippen LogP contribution in [-0.4, -0.2) is 90.7 Å². The molecule has 0 saturated carbocycles. The first-order valence-electron chi connectivity index (χ1n) is 19.8. The van der Waals surface area contributed by atoms with Crippen molar-refractivity contribution in [2.45, 2.75) is 49.0 Å². The number of esters is 1. The number of fused-ring (bicyclic) bond motifs is 4. The highest BCUT2D eigenvalue weighted by Crippen LogP contribution is 2.58. The minimum atomic E-state index is -5.60. The average Bonchev–Trinajstić information content (AvgIpc) is 3.80. The number of carbonyl (C=O) groups excluding carboxylic acids is 1. The molecular formula is C32H33O16PS. The van der Waals surface area contributed by atoms with Gasteiger partial charge in [-0.2, -0.15) is 0 Å². The highest BCUT2D eigenvalue weighted by atomic mass is 32.1. The van der Waals surface area contributed by atoms with Crippen molar-refractivity contribution in [3.05, 3.63) is 63.3 Å². The van der Waals surface area contributed by atoms with Crippen LogP contribution in [0.15, 0.2) is 41.8 Å². The van der Waals surface area contributed by atoms with Crippen LogP contribution >= 0.6 is 19.2 Å². The topological polar surface area (TPSA) is 207 Å². The van der Waals surface area contributed by atoms with Gasteiger partial charge in [-0.1, -0.05) is 6.07 Å². The molecule has 3 aromatic rings. The van der Waals surface area contributed by atoms with Crippen LogP contribution < -0.4 is 23.5 Å². The largest absolute Gasteiger partial charge is 0.525 e. The maximum Gasteiger partial charge on any atom is 0.525 e. The molecular weight excluding hydrogens is 703 g/mol. The van der Waals surface area contributed by atoms with E-state index in [-0.39, 0.29) is 34.8 Å². The molecule has 5 aliphatic rings. The minimum absolute atomic E-state index is 0.0499. The summed E-state index contributed by atoms with van der Waals surface area (Å²) in [6.07, 6.45) is -10.0. The van der Waals surface area contributed by atoms with Gasteiger partial charge in [0.25, 0.3) is 0 Å². The summed E-state index contributed by atoms with van der Waals surface area (Å²) in [6, 6.07) is 7.60. The highest BCUT2D eigenvalue weighted by Gasteiger charge is 2.56. The number of thiophene rings is 1. The lowest BCUT2D eigenvalue weighted by Crippen LogP contribution is -2.62. The Labute approximate surface area is 302 Å². The van der Waals surface area contributed by atoms with Crippen LogP contribution in [0.4, 0.5) is 0 Å². The van der Waals surface area contributed by atoms with E-state index in [1.807, 2.05) is 0 Å². The number of ether oxygens (including phenoxy) is 9. The molecule has 3 saturated heterocycles. The Kier molecular flexibility index (Phi) is 6.18. The Morgan fingerprint density at radius 1 is 1.00 bits per heavy atom. The summed E-state index contributed by atoms with van der Waals surface area (Å²) < 4.78 is 147. The smallest absolute Gasteiger partial charge is 0.493 e. The summed E-state index contributed by atoms with van der Waals surface area (Å²) >= 11 is 1.33. The van der Waals surface area contributed by atoms with Crippen molar-refractivity contribution in [2.75, 3.05) is 34.0 Å². The second-order valence-corrected chi connectivity index (χ2v) is 13.9. The van der Waals surface area contributed by atoms with Gasteiger partial charge in [-0.3, -0.25) is 14.6 Å². The Hall–Kier alpha value is -3.48. The first-order valence-corrected chi connectivity index (χ1v) is 17.3. The molecule has 1 aliphatic carbocycles. The Morgan fingerprint density at radius 3 is 2.42 bits per heavy atom. The molecule has 0 unspecified atom stereocenters. The van der Waals surface area contributed by atoms with Crippen molar-refractivity contribution in [2.24, 2.45) is 11.8 Å². The monoisotopic (exact) mass is 746 g/mol. The van der Waals surface area contributed by atoms with E-state index < -0.39 is 119 Å². The number of phosphoric ester groups is 1. The van der Waals surface area contributed by atoms with Gasteiger partial charge in [0.05, 0.1) is 55.1 Å². The highest BCUT2D eigenvalue weighted by molar-refractivity contribution is 7.46. The molecule has 18 heteroatoms. The van der Waals surface area contributed by atoms with Crippen molar-refractivity contribution in [3.63, 3.8) is 0 Å². The van der Waals surface area contributed by atoms with Gasteiger partial charge in [0.15, 0.2) is 35.6 Å². The normalized spacial score (nSPS) is 38.3. The van der Waals surface area contributed by atoms with Crippen LogP contribution in [0.25, 0.3) is 0 Å². The maximum absolute atomic E-state index is 13.9. The van der Waals surface area contributed by atoms with E-state index in [0.717, 1.165) is 12.1 Å². The molecule has 268 valence electrons. The summed E-state index contributed by atoms with van der Waals surface area (Å²) in [7, 11) is -12.3. The Morgan fingerprint density at radius 2 is 1.74 bits per heavy atom. The fourth-order valence-corrected chi connectivity index (χ4v) is 7.98. The van der Waals surface area contributed by atoms with E-state index in [1.54, 1.807) is 17.5 Å². The third-order valence-corrected chi connectivity index (χ3v) is 10.3. The third kappa shape index (κ3) is 5.81. The summed E-state index contributed by atoms with van der Waals surface area (Å²) in [4.78, 5) is 34.0. The van der Waals surface area contributed by atoms with E-state index in [9.17, 15) is 29.4 Å². The van der Waals surface area contributed by atoms with Gasteiger partial charge >= 0.3 is 13.8 Å². The van der Waals surface area contributed by atoms with Crippen molar-refractivity contribution in [1.82, 2.24) is 0 Å². The number of hydrogen-bond acceptors (Lipinski definition) is 15. The van der Waals surface area contributed by atoms with Gasteiger partial charge in [0.1, 0.15) is 27.2 Å². The number of rotatable bonds is 8. The molecule has 0 bridgehead atoms. The van der Waals surface area contributed by atoms with Crippen LogP contribution in [0.1, 0.15) is 53.6 Å². The van der Waals surface area contributed by atoms with Gasteiger partial charge in [-0.15, -0.1) is 11.3 Å². The van der Waals surface area contributed by atoms with E-state index >= 15 is 0 Å². The van der Waals surface area contributed by atoms with Crippen molar-refractivity contribution >= 4 is 25.1 Å². The third-order valence-electron chi connectivity index (χ3n) is 8.96. The van der Waals surface area contributed by atoms with Crippen molar-refractivity contribution < 1.29 is 90.2 Å². The molecule has 1 aromatic heterocycles. The fraction of sp³-hybridized carbons (Fsp3) is 0.469. The zero-order chi connectivity index (χ0) is 43.5. The summed E-state index contributed by atoms with van der Waals surface area (Å²) in [6.45, 7) is -5.81. The fourth-order valence-electron chi connectivity index (χ4n) is 6.86. The lowest BCUT2D eigenvalue weighted by Gasteiger charge is -2.48. The standard InChI is InChI=1S/C32H33O16PS/c1-39-19-6-13(7-20(40-2)28(19)48-49(36,37)38)23-14-8-17-18(44-12-43-17)9-15(14)27(16-10-41-30(35)24(16)23)46-32-26(34)25(33)29-21(45-32)11-42-31(47-29)22-4-3-5-50-22/h3-9,16,21,23-27,29,31-34H,10-12H2,1-2H3,(H2,36,37,38)/t16-,21+,23+,24-,25+,26+,27+,29+,31+,32-/m0/s1/i1D3,2D3,10D2,12D2. The van der Waals surface area contributed by atoms with Gasteiger partial charge in [0.2, 0.25) is 12.5 Å². The molecule has 50 heavy (non-hydrogen) atoms. The molecule has 3 fully saturated rings. The van der Waals surface area contributed by atoms with Gasteiger partial charge in [0, 0.05) is 11.8 Å². The summed E-state index contributed by atoms with van der Waals surface area (Å²) in [5.41, 5.74) is -0.412. The van der Waals surface area contributed by atoms with Gasteiger partial charge in [-0.25, -0.2) is 4.57 Å². The number of aliphatic hydroxyl groups is 2. The molecule has 5 heterocycles. The quantitative estimate of drug-likeness (QED) is 0.193. The number of benzene rings is 2. The average molecular weight is 747 g/mol. The predicted molar refractivity (Wildman–Crippen MR) is 167 cm³/mol. The maximum atomic E-state index is 13.9. The van der Waals surface area contributed by atoms with E-state index in [0.29, 0.717) is 4.88 Å². The van der Waals surface area contributed by atoms with Gasteiger partial charge in [-0.05, 0) is 52.4 Å². The first kappa shape index (κ1) is 23.9. The van der Waals surface area contributed by atoms with E-state index in [1.165, 1.54) is 23.5 Å². The van der Waals surface area contributed by atoms with Crippen LogP contribution in [0, 0.1) is 11.8 Å². The second kappa shape index (κ2) is 12.9. The molecule has 16 nitrogen and oxygen atoms in total. The zero-order valence-electron chi connectivity index (χ0n) is 35.1. The molecule has 0 spiro atoms. The van der Waals surface area contributed by atoms with Crippen LogP contribution in [0.3, 0.4) is 0 Å². The molecule has 4 N–H and O–H groups in total. The van der Waals surface area contributed by atoms with Crippen molar-refractivity contribution in [1.29, 1.82) is 0 Å².